The van der Waals surface area contributed by atoms with Gasteiger partial charge in [-0.05, 0) is 57.6 Å². The number of fused-ring (bicyclic) bond motifs is 5. The molecule has 1 unspecified atom stereocenters. The van der Waals surface area contributed by atoms with Crippen LogP contribution in [0.15, 0.2) is 23.8 Å². The van der Waals surface area contributed by atoms with E-state index in [1.165, 1.54) is 25.2 Å². The number of rotatable bonds is 4. The van der Waals surface area contributed by atoms with Gasteiger partial charge in [0.15, 0.2) is 17.1 Å². The molecule has 32 heavy (non-hydrogen) atoms. The van der Waals surface area contributed by atoms with Gasteiger partial charge in [0.25, 0.3) is 0 Å². The third kappa shape index (κ3) is 2.83. The van der Waals surface area contributed by atoms with E-state index in [1.807, 2.05) is 0 Å². The van der Waals surface area contributed by atoms with E-state index in [4.69, 9.17) is 4.74 Å². The van der Waals surface area contributed by atoms with E-state index in [2.05, 4.69) is 0 Å². The number of hydrogen-bond acceptors (Lipinski definition) is 6. The summed E-state index contributed by atoms with van der Waals surface area (Å²) >= 11 is 0. The highest BCUT2D eigenvalue weighted by Gasteiger charge is 2.77. The summed E-state index contributed by atoms with van der Waals surface area (Å²) in [6.07, 6.45) is -2.49. The van der Waals surface area contributed by atoms with Crippen molar-refractivity contribution in [2.45, 2.75) is 88.8 Å². The van der Waals surface area contributed by atoms with Crippen LogP contribution >= 0.6 is 0 Å². The number of ether oxygens (including phenoxy) is 1. The van der Waals surface area contributed by atoms with Crippen LogP contribution in [0.4, 0.5) is 8.78 Å². The van der Waals surface area contributed by atoms with Crippen molar-refractivity contribution in [3.63, 3.8) is 0 Å². The monoisotopic (exact) mass is 456 g/mol. The predicted octanol–water partition coefficient (Wildman–Crippen LogP) is 1.79. The highest BCUT2D eigenvalue weighted by Crippen LogP contribution is 2.70. The Balaban J connectivity index is 1.77. The predicted molar refractivity (Wildman–Crippen MR) is 112 cm³/mol. The number of carbonyl (C=O) groups is 1. The topological polar surface area (TPSA) is 107 Å². The van der Waals surface area contributed by atoms with Crippen molar-refractivity contribution in [3.05, 3.63) is 23.8 Å². The van der Waals surface area contributed by atoms with Gasteiger partial charge in [0, 0.05) is 16.7 Å². The van der Waals surface area contributed by atoms with Crippen LogP contribution < -0.4 is 0 Å². The molecule has 0 aromatic heterocycles. The Morgan fingerprint density at radius 3 is 2.47 bits per heavy atom. The van der Waals surface area contributed by atoms with Crippen molar-refractivity contribution in [2.24, 2.45) is 22.7 Å². The van der Waals surface area contributed by atoms with Gasteiger partial charge in [-0.15, -0.1) is 0 Å². The molecule has 0 radical (unpaired) electrons. The molecule has 0 spiro atoms. The van der Waals surface area contributed by atoms with Crippen LogP contribution in [0.3, 0.4) is 0 Å². The first kappa shape index (κ1) is 24.0. The van der Waals surface area contributed by atoms with Crippen molar-refractivity contribution < 1.29 is 38.7 Å². The molecule has 4 aliphatic carbocycles. The van der Waals surface area contributed by atoms with Crippen LogP contribution in [0, 0.1) is 22.7 Å². The Kier molecular flexibility index (Phi) is 5.54. The highest BCUT2D eigenvalue weighted by atomic mass is 19.1. The normalized spacial score (nSPS) is 52.3. The van der Waals surface area contributed by atoms with Gasteiger partial charge in [-0.1, -0.05) is 19.1 Å². The molecule has 0 aliphatic heterocycles. The number of hydrogen-bond donors (Lipinski definition) is 4. The number of aliphatic hydroxyl groups is 4. The molecule has 3 saturated carbocycles. The lowest BCUT2D eigenvalue weighted by atomic mass is 9.44. The molecule has 0 bridgehead atoms. The first-order valence-electron chi connectivity index (χ1n) is 11.4. The summed E-state index contributed by atoms with van der Waals surface area (Å²) in [5, 5.41) is 43.5. The van der Waals surface area contributed by atoms with E-state index in [-0.39, 0.29) is 30.9 Å². The molecule has 180 valence electrons. The lowest BCUT2D eigenvalue weighted by Gasteiger charge is -2.63. The molecular formula is C24H34F2O6. The minimum Gasteiger partial charge on any atom is -0.390 e. The van der Waals surface area contributed by atoms with Crippen molar-refractivity contribution in [1.29, 1.82) is 0 Å². The van der Waals surface area contributed by atoms with E-state index in [0.717, 1.165) is 0 Å². The molecule has 6 nitrogen and oxygen atoms in total. The van der Waals surface area contributed by atoms with Gasteiger partial charge in [0.2, 0.25) is 0 Å². The first-order valence-corrected chi connectivity index (χ1v) is 11.4. The number of allylic oxidation sites excluding steroid dienone is 2. The quantitative estimate of drug-likeness (QED) is 0.481. The fourth-order valence-electron chi connectivity index (χ4n) is 7.19. The largest absolute Gasteiger partial charge is 0.390 e. The number of Topliss-reactive ketones (excluding diaryl/α,β-unsaturated/α-hetero) is 1. The number of alkyl halides is 2. The molecule has 8 heteroatoms. The molecule has 0 aromatic carbocycles. The van der Waals surface area contributed by atoms with Crippen molar-refractivity contribution >= 4 is 5.78 Å². The molecule has 0 aromatic rings. The summed E-state index contributed by atoms with van der Waals surface area (Å²) in [7, 11) is 0. The second-order valence-electron chi connectivity index (χ2n) is 10.8. The average Bonchev–Trinajstić information content (AvgIpc) is 2.91. The molecule has 4 aliphatic rings. The molecule has 4 rings (SSSR count). The summed E-state index contributed by atoms with van der Waals surface area (Å²) in [6.45, 7) is 6.14. The maximum absolute atomic E-state index is 17.0. The minimum atomic E-state index is -2.29. The Labute approximate surface area is 187 Å². The minimum absolute atomic E-state index is 0.0857. The average molecular weight is 457 g/mol. The van der Waals surface area contributed by atoms with E-state index < -0.39 is 70.8 Å². The number of ketones is 1. The van der Waals surface area contributed by atoms with Gasteiger partial charge < -0.3 is 25.2 Å². The fourth-order valence-corrected chi connectivity index (χ4v) is 7.19. The zero-order valence-electron chi connectivity index (χ0n) is 19.0. The summed E-state index contributed by atoms with van der Waals surface area (Å²) in [4.78, 5) is 13.0. The molecule has 0 saturated heterocycles. The van der Waals surface area contributed by atoms with Crippen molar-refractivity contribution in [3.8, 4) is 0 Å². The van der Waals surface area contributed by atoms with Crippen LogP contribution in [0.25, 0.3) is 0 Å². The van der Waals surface area contributed by atoms with E-state index >= 15 is 8.78 Å². The van der Waals surface area contributed by atoms with Crippen molar-refractivity contribution in [1.82, 2.24) is 0 Å². The highest BCUT2D eigenvalue weighted by molar-refractivity contribution is 5.90. The van der Waals surface area contributed by atoms with Crippen LogP contribution in [-0.2, 0) is 9.53 Å². The molecular weight excluding hydrogens is 422 g/mol. The van der Waals surface area contributed by atoms with Crippen molar-refractivity contribution in [2.75, 3.05) is 6.61 Å². The number of carbonyl (C=O) groups excluding carboxylic acids is 1. The Hall–Kier alpha value is -1.19. The van der Waals surface area contributed by atoms with Gasteiger partial charge in [0.05, 0.1) is 24.4 Å². The Morgan fingerprint density at radius 2 is 1.84 bits per heavy atom. The lowest BCUT2D eigenvalue weighted by molar-refractivity contribution is -0.227. The smallest absolute Gasteiger partial charge is 0.193 e. The zero-order chi connectivity index (χ0) is 23.9. The number of aliphatic hydroxyl groups excluding tert-OH is 3. The third-order valence-corrected chi connectivity index (χ3v) is 8.92. The molecule has 4 N–H and O–H groups in total. The summed E-state index contributed by atoms with van der Waals surface area (Å²) in [6, 6.07) is 0. The number of halogens is 2. The molecule has 10 atom stereocenters. The van der Waals surface area contributed by atoms with E-state index in [9.17, 15) is 25.2 Å². The maximum Gasteiger partial charge on any atom is 0.193 e. The second kappa shape index (κ2) is 7.40. The molecule has 0 amide bonds. The summed E-state index contributed by atoms with van der Waals surface area (Å²) in [5.41, 5.74) is -7.28. The van der Waals surface area contributed by atoms with Crippen LogP contribution in [0.1, 0.15) is 47.0 Å². The van der Waals surface area contributed by atoms with Gasteiger partial charge in [-0.2, -0.15) is 0 Å². The zero-order valence-corrected chi connectivity index (χ0v) is 19.0. The van der Waals surface area contributed by atoms with Gasteiger partial charge in [-0.25, -0.2) is 8.78 Å². The third-order valence-electron chi connectivity index (χ3n) is 8.92. The van der Waals surface area contributed by atoms with Crippen LogP contribution in [0.5, 0.6) is 0 Å². The summed E-state index contributed by atoms with van der Waals surface area (Å²) in [5.74, 6) is -2.51. The van der Waals surface area contributed by atoms with Gasteiger partial charge >= 0.3 is 0 Å². The van der Waals surface area contributed by atoms with E-state index in [1.54, 1.807) is 20.8 Å². The SMILES string of the molecule is CC(C)OCC(=O)[C@@]1(O)[C@H](O)C[C@H]2[C@@H]3C[C@H](F)C4=CC(O)C=C[C@]4(C)[C@@]3(F)[C@@H](O)C[C@@]21C. The van der Waals surface area contributed by atoms with Crippen LogP contribution in [-0.4, -0.2) is 74.7 Å². The van der Waals surface area contributed by atoms with E-state index in [0.29, 0.717) is 0 Å². The fraction of sp³-hybridized carbons (Fsp3) is 0.792. The molecule has 0 heterocycles. The lowest BCUT2D eigenvalue weighted by Crippen LogP contribution is -2.71. The summed E-state index contributed by atoms with van der Waals surface area (Å²) < 4.78 is 37.7. The molecule has 3 fully saturated rings. The van der Waals surface area contributed by atoms with Crippen LogP contribution in [0.2, 0.25) is 0 Å². The first-order chi connectivity index (χ1) is 14.7. The Morgan fingerprint density at radius 1 is 1.19 bits per heavy atom. The van der Waals surface area contributed by atoms with Gasteiger partial charge in [-0.3, -0.25) is 4.79 Å². The standard InChI is InChI=1S/C24H34F2O6/c1-12(2)32-11-20(30)24(31)18(28)9-14-15-8-17(25)16-7-13(27)5-6-21(16,3)23(15,26)19(29)10-22(14,24)4/h5-7,12-15,17-19,27-29,31H,8-11H2,1-4H3/t13?,14-,15-,17-,18+,19-,21-,22-,23-,24-/m0/s1. The Bertz CT molecular complexity index is 859. The maximum atomic E-state index is 17.0. The van der Waals surface area contributed by atoms with Gasteiger partial charge in [0.1, 0.15) is 12.8 Å². The second-order valence-corrected chi connectivity index (χ2v) is 10.8.